The monoisotopic (exact) mass is 192 g/mol. The lowest BCUT2D eigenvalue weighted by atomic mass is 10.1. The molecule has 5 heteroatoms. The summed E-state index contributed by atoms with van der Waals surface area (Å²) in [7, 11) is 0. The van der Waals surface area contributed by atoms with Gasteiger partial charge in [0.25, 0.3) is 0 Å². The molecular formula is C9H9FN4. The first kappa shape index (κ1) is 8.55. The van der Waals surface area contributed by atoms with E-state index >= 15 is 0 Å². The third kappa shape index (κ3) is 1.39. The number of rotatable bonds is 1. The highest BCUT2D eigenvalue weighted by molar-refractivity contribution is 5.66. The summed E-state index contributed by atoms with van der Waals surface area (Å²) in [6.45, 7) is 0. The van der Waals surface area contributed by atoms with Gasteiger partial charge in [-0.2, -0.15) is 5.10 Å². The van der Waals surface area contributed by atoms with Crippen molar-refractivity contribution in [1.29, 1.82) is 0 Å². The second-order valence-electron chi connectivity index (χ2n) is 2.94. The van der Waals surface area contributed by atoms with E-state index in [2.05, 4.69) is 10.2 Å². The molecule has 0 bridgehead atoms. The normalized spacial score (nSPS) is 10.4. The van der Waals surface area contributed by atoms with E-state index in [0.29, 0.717) is 11.5 Å². The first-order chi connectivity index (χ1) is 6.66. The van der Waals surface area contributed by atoms with Gasteiger partial charge in [0, 0.05) is 11.6 Å². The molecule has 0 aliphatic carbocycles. The van der Waals surface area contributed by atoms with Gasteiger partial charge < -0.3 is 11.5 Å². The number of hydrogen-bond acceptors (Lipinski definition) is 3. The van der Waals surface area contributed by atoms with Crippen molar-refractivity contribution in [1.82, 2.24) is 10.2 Å². The lowest BCUT2D eigenvalue weighted by molar-refractivity contribution is 0.632. The van der Waals surface area contributed by atoms with Crippen LogP contribution in [0.5, 0.6) is 0 Å². The molecule has 0 spiro atoms. The second-order valence-corrected chi connectivity index (χ2v) is 2.94. The van der Waals surface area contributed by atoms with E-state index in [0.717, 1.165) is 5.56 Å². The van der Waals surface area contributed by atoms with E-state index in [9.17, 15) is 4.39 Å². The van der Waals surface area contributed by atoms with Gasteiger partial charge in [0.1, 0.15) is 11.6 Å². The number of aromatic nitrogens is 2. The summed E-state index contributed by atoms with van der Waals surface area (Å²) in [5, 5.41) is 6.48. The molecule has 5 N–H and O–H groups in total. The first-order valence-corrected chi connectivity index (χ1v) is 4.03. The molecule has 0 atom stereocenters. The highest BCUT2D eigenvalue weighted by Gasteiger charge is 2.04. The third-order valence-corrected chi connectivity index (χ3v) is 1.90. The predicted octanol–water partition coefficient (Wildman–Crippen LogP) is 1.38. The van der Waals surface area contributed by atoms with E-state index in [1.807, 2.05) is 0 Å². The summed E-state index contributed by atoms with van der Waals surface area (Å²) in [5.41, 5.74) is 12.4. The summed E-state index contributed by atoms with van der Waals surface area (Å²) in [5.74, 6) is -0.0378. The largest absolute Gasteiger partial charge is 0.396 e. The van der Waals surface area contributed by atoms with Gasteiger partial charge in [0.15, 0.2) is 0 Å². The fourth-order valence-electron chi connectivity index (χ4n) is 1.20. The standard InChI is InChI=1S/C9H9FN4/c10-6-2-1-5(3-7(6)11)8-4-9(12)14-13-8/h1-4H,11H2,(H3,12,13,14). The maximum atomic E-state index is 12.8. The lowest BCUT2D eigenvalue weighted by Gasteiger charge is -1.99. The molecule has 0 unspecified atom stereocenters. The van der Waals surface area contributed by atoms with Crippen LogP contribution in [0.3, 0.4) is 0 Å². The lowest BCUT2D eigenvalue weighted by Crippen LogP contribution is -1.90. The second kappa shape index (κ2) is 3.02. The minimum absolute atomic E-state index is 0.107. The van der Waals surface area contributed by atoms with Gasteiger partial charge in [0.2, 0.25) is 0 Å². The van der Waals surface area contributed by atoms with Gasteiger partial charge in [0.05, 0.1) is 11.4 Å². The predicted molar refractivity (Wildman–Crippen MR) is 52.8 cm³/mol. The molecule has 0 fully saturated rings. The number of benzene rings is 1. The minimum atomic E-state index is -0.429. The molecule has 2 rings (SSSR count). The number of halogens is 1. The van der Waals surface area contributed by atoms with Crippen molar-refractivity contribution < 1.29 is 4.39 Å². The highest BCUT2D eigenvalue weighted by atomic mass is 19.1. The Labute approximate surface area is 79.7 Å². The van der Waals surface area contributed by atoms with Crippen molar-refractivity contribution in [2.24, 2.45) is 0 Å². The van der Waals surface area contributed by atoms with Crippen LogP contribution in [0.15, 0.2) is 24.3 Å². The molecule has 2 aromatic rings. The number of aromatic amines is 1. The first-order valence-electron chi connectivity index (χ1n) is 4.03. The fourth-order valence-corrected chi connectivity index (χ4v) is 1.20. The summed E-state index contributed by atoms with van der Waals surface area (Å²) in [4.78, 5) is 0. The van der Waals surface area contributed by atoms with Crippen molar-refractivity contribution in [3.8, 4) is 11.3 Å². The van der Waals surface area contributed by atoms with E-state index in [1.54, 1.807) is 12.1 Å². The van der Waals surface area contributed by atoms with Gasteiger partial charge in [-0.1, -0.05) is 0 Å². The minimum Gasteiger partial charge on any atom is -0.396 e. The Bertz CT molecular complexity index is 464. The van der Waals surface area contributed by atoms with Gasteiger partial charge in [-0.05, 0) is 18.2 Å². The van der Waals surface area contributed by atoms with Crippen LogP contribution >= 0.6 is 0 Å². The average Bonchev–Trinajstić information content (AvgIpc) is 2.57. The molecule has 0 saturated heterocycles. The molecule has 0 amide bonds. The quantitative estimate of drug-likeness (QED) is 0.597. The molecular weight excluding hydrogens is 183 g/mol. The smallest absolute Gasteiger partial charge is 0.146 e. The van der Waals surface area contributed by atoms with E-state index < -0.39 is 5.82 Å². The van der Waals surface area contributed by atoms with Gasteiger partial charge in [-0.15, -0.1) is 0 Å². The van der Waals surface area contributed by atoms with Crippen LogP contribution in [-0.2, 0) is 0 Å². The van der Waals surface area contributed by atoms with Gasteiger partial charge in [-0.25, -0.2) is 4.39 Å². The SMILES string of the molecule is Nc1cc(-c2ccc(F)c(N)c2)[nH]n1. The number of nitrogens with one attached hydrogen (secondary N) is 1. The van der Waals surface area contributed by atoms with Crippen molar-refractivity contribution in [2.75, 3.05) is 11.5 Å². The van der Waals surface area contributed by atoms with Crippen molar-refractivity contribution in [3.63, 3.8) is 0 Å². The molecule has 0 aliphatic rings. The molecule has 0 radical (unpaired) electrons. The number of nitrogen functional groups attached to an aromatic ring is 2. The molecule has 1 aromatic carbocycles. The molecule has 1 aromatic heterocycles. The van der Waals surface area contributed by atoms with Crippen LogP contribution in [0, 0.1) is 5.82 Å². The van der Waals surface area contributed by atoms with E-state index in [4.69, 9.17) is 11.5 Å². The van der Waals surface area contributed by atoms with Crippen LogP contribution < -0.4 is 11.5 Å². The summed E-state index contributed by atoms with van der Waals surface area (Å²) in [6.07, 6.45) is 0. The van der Waals surface area contributed by atoms with E-state index in [1.165, 1.54) is 12.1 Å². The number of anilines is 2. The van der Waals surface area contributed by atoms with Gasteiger partial charge >= 0.3 is 0 Å². The molecule has 14 heavy (non-hydrogen) atoms. The molecule has 72 valence electrons. The Balaban J connectivity index is 2.47. The average molecular weight is 192 g/mol. The Hall–Kier alpha value is -2.04. The topological polar surface area (TPSA) is 80.7 Å². The van der Waals surface area contributed by atoms with Crippen LogP contribution in [0.2, 0.25) is 0 Å². The van der Waals surface area contributed by atoms with Crippen LogP contribution in [0.25, 0.3) is 11.3 Å². The van der Waals surface area contributed by atoms with Crippen LogP contribution in [0.1, 0.15) is 0 Å². The Morgan fingerprint density at radius 3 is 2.57 bits per heavy atom. The molecule has 0 saturated carbocycles. The maximum absolute atomic E-state index is 12.8. The van der Waals surface area contributed by atoms with E-state index in [-0.39, 0.29) is 5.69 Å². The number of nitrogens with two attached hydrogens (primary N) is 2. The molecule has 1 heterocycles. The zero-order valence-electron chi connectivity index (χ0n) is 7.29. The Morgan fingerprint density at radius 2 is 2.00 bits per heavy atom. The Morgan fingerprint density at radius 1 is 1.21 bits per heavy atom. The summed E-state index contributed by atoms with van der Waals surface area (Å²) >= 11 is 0. The zero-order chi connectivity index (χ0) is 10.1. The number of hydrogen-bond donors (Lipinski definition) is 3. The zero-order valence-corrected chi connectivity index (χ0v) is 7.29. The Kier molecular flexibility index (Phi) is 1.85. The summed E-state index contributed by atoms with van der Waals surface area (Å²) in [6, 6.07) is 6.11. The van der Waals surface area contributed by atoms with Crippen molar-refractivity contribution in [2.45, 2.75) is 0 Å². The molecule has 4 nitrogen and oxygen atoms in total. The highest BCUT2D eigenvalue weighted by Crippen LogP contribution is 2.22. The maximum Gasteiger partial charge on any atom is 0.146 e. The molecule has 0 aliphatic heterocycles. The van der Waals surface area contributed by atoms with Gasteiger partial charge in [-0.3, -0.25) is 5.10 Å². The van der Waals surface area contributed by atoms with Crippen molar-refractivity contribution in [3.05, 3.63) is 30.1 Å². The number of H-pyrrole nitrogens is 1. The van der Waals surface area contributed by atoms with Crippen LogP contribution in [0.4, 0.5) is 15.9 Å². The van der Waals surface area contributed by atoms with Crippen molar-refractivity contribution >= 4 is 11.5 Å². The number of nitrogens with zero attached hydrogens (tertiary/aromatic N) is 1. The fraction of sp³-hybridized carbons (Fsp3) is 0. The third-order valence-electron chi connectivity index (χ3n) is 1.90. The summed E-state index contributed by atoms with van der Waals surface area (Å²) < 4.78 is 12.8. The van der Waals surface area contributed by atoms with Crippen LogP contribution in [-0.4, -0.2) is 10.2 Å².